The molecule has 0 saturated carbocycles. The quantitative estimate of drug-likeness (QED) is 0.581. The molecule has 1 aromatic carbocycles. The van der Waals surface area contributed by atoms with E-state index < -0.39 is 17.6 Å². The molecule has 1 rings (SSSR count). The predicted octanol–water partition coefficient (Wildman–Crippen LogP) is 1.47. The van der Waals surface area contributed by atoms with Gasteiger partial charge in [0, 0.05) is 0 Å². The lowest BCUT2D eigenvalue weighted by atomic mass is 10.3. The van der Waals surface area contributed by atoms with Gasteiger partial charge in [-0.25, -0.2) is 4.39 Å². The molecular weight excluding hydrogens is 316 g/mol. The second kappa shape index (κ2) is 6.65. The number of anilines is 1. The van der Waals surface area contributed by atoms with Gasteiger partial charge in [0.2, 0.25) is 0 Å². The van der Waals surface area contributed by atoms with Gasteiger partial charge in [-0.2, -0.15) is 0 Å². The lowest BCUT2D eigenvalue weighted by molar-refractivity contribution is -0.135. The van der Waals surface area contributed by atoms with Crippen LogP contribution in [0.1, 0.15) is 0 Å². The van der Waals surface area contributed by atoms with Crippen molar-refractivity contribution in [3.63, 3.8) is 0 Å². The number of rotatable bonds is 3. The Hall–Kier alpha value is -1.44. The summed E-state index contributed by atoms with van der Waals surface area (Å²) in [5.74, 6) is -2.65. The number of hydrogen-bond donors (Lipinski definition) is 3. The highest BCUT2D eigenvalue weighted by molar-refractivity contribution is 7.80. The van der Waals surface area contributed by atoms with E-state index in [0.717, 1.165) is 12.1 Å². The molecule has 102 valence electrons. The van der Waals surface area contributed by atoms with Crippen LogP contribution in [0.25, 0.3) is 0 Å². The number of thiocarbonyl (C=S) groups is 1. The molecule has 0 unspecified atom stereocenters. The molecule has 0 saturated heterocycles. The second-order valence-electron chi connectivity index (χ2n) is 3.35. The largest absolute Gasteiger partial charge is 0.392 e. The first kappa shape index (κ1) is 15.6. The van der Waals surface area contributed by atoms with Gasteiger partial charge in [0.1, 0.15) is 5.82 Å². The summed E-state index contributed by atoms with van der Waals surface area (Å²) in [5, 5.41) is 4.09. The molecule has 0 aliphatic rings. The average molecular weight is 324 g/mol. The molecule has 0 aliphatic heterocycles. The van der Waals surface area contributed by atoms with Gasteiger partial charge >= 0.3 is 11.8 Å². The van der Waals surface area contributed by atoms with Crippen molar-refractivity contribution in [2.24, 2.45) is 5.73 Å². The second-order valence-corrected chi connectivity index (χ2v) is 4.69. The van der Waals surface area contributed by atoms with E-state index in [4.69, 9.17) is 28.9 Å². The minimum absolute atomic E-state index is 0.0268. The summed E-state index contributed by atoms with van der Waals surface area (Å²) in [6.07, 6.45) is 0. The molecule has 0 aromatic heterocycles. The van der Waals surface area contributed by atoms with Crippen molar-refractivity contribution in [1.82, 2.24) is 5.32 Å². The third kappa shape index (κ3) is 4.62. The molecule has 19 heavy (non-hydrogen) atoms. The van der Waals surface area contributed by atoms with E-state index in [0.29, 0.717) is 0 Å². The molecule has 0 bridgehead atoms. The van der Waals surface area contributed by atoms with Gasteiger partial charge in [-0.15, -0.1) is 0 Å². The lowest BCUT2D eigenvalue weighted by Crippen LogP contribution is -2.39. The Labute approximate surface area is 123 Å². The Morgan fingerprint density at radius 1 is 1.26 bits per heavy atom. The maximum Gasteiger partial charge on any atom is 0.313 e. The predicted molar refractivity (Wildman–Crippen MR) is 74.8 cm³/mol. The number of nitrogens with two attached hydrogens (primary N) is 1. The van der Waals surface area contributed by atoms with Crippen molar-refractivity contribution in [2.45, 2.75) is 0 Å². The Bertz CT molecular complexity index is 531. The third-order valence-corrected chi connectivity index (χ3v) is 2.62. The van der Waals surface area contributed by atoms with Gasteiger partial charge in [0.05, 0.1) is 27.3 Å². The summed E-state index contributed by atoms with van der Waals surface area (Å²) in [7, 11) is 0. The SMILES string of the molecule is NC(=S)CNC(=O)C(=O)Nc1c(Cl)cc(F)cc1Cl. The smallest absolute Gasteiger partial charge is 0.313 e. The summed E-state index contributed by atoms with van der Waals surface area (Å²) in [6.45, 7) is -0.119. The minimum Gasteiger partial charge on any atom is -0.392 e. The number of amides is 2. The van der Waals surface area contributed by atoms with Gasteiger partial charge in [0.15, 0.2) is 0 Å². The monoisotopic (exact) mass is 323 g/mol. The van der Waals surface area contributed by atoms with Gasteiger partial charge in [0.25, 0.3) is 0 Å². The van der Waals surface area contributed by atoms with Crippen LogP contribution >= 0.6 is 35.4 Å². The van der Waals surface area contributed by atoms with E-state index in [1.54, 1.807) is 0 Å². The van der Waals surface area contributed by atoms with E-state index in [1.807, 2.05) is 0 Å². The van der Waals surface area contributed by atoms with Crippen molar-refractivity contribution >= 4 is 57.9 Å². The van der Waals surface area contributed by atoms with Crippen LogP contribution in [0.4, 0.5) is 10.1 Å². The fraction of sp³-hybridized carbons (Fsp3) is 0.100. The molecule has 0 radical (unpaired) electrons. The standard InChI is InChI=1S/C10H8Cl2FN3O2S/c11-5-1-4(13)2-6(12)8(5)16-10(18)9(17)15-3-7(14)19/h1-2H,3H2,(H2,14,19)(H,15,17)(H,16,18). The van der Waals surface area contributed by atoms with Crippen molar-refractivity contribution in [3.8, 4) is 0 Å². The number of nitrogens with one attached hydrogen (secondary N) is 2. The van der Waals surface area contributed by atoms with Gasteiger partial charge < -0.3 is 16.4 Å². The average Bonchev–Trinajstić information content (AvgIpc) is 2.30. The van der Waals surface area contributed by atoms with E-state index >= 15 is 0 Å². The maximum absolute atomic E-state index is 12.9. The molecule has 2 amide bonds. The van der Waals surface area contributed by atoms with Crippen LogP contribution in [-0.4, -0.2) is 23.3 Å². The Morgan fingerprint density at radius 3 is 2.26 bits per heavy atom. The zero-order valence-electron chi connectivity index (χ0n) is 9.30. The van der Waals surface area contributed by atoms with E-state index in [9.17, 15) is 14.0 Å². The van der Waals surface area contributed by atoms with Crippen LogP contribution < -0.4 is 16.4 Å². The normalized spacial score (nSPS) is 9.84. The zero-order valence-corrected chi connectivity index (χ0v) is 11.6. The molecule has 5 nitrogen and oxygen atoms in total. The molecule has 0 atom stereocenters. The molecule has 0 heterocycles. The first-order valence-electron chi connectivity index (χ1n) is 4.83. The van der Waals surface area contributed by atoms with Crippen LogP contribution in [0, 0.1) is 5.82 Å². The zero-order chi connectivity index (χ0) is 14.6. The van der Waals surface area contributed by atoms with E-state index in [1.165, 1.54) is 0 Å². The van der Waals surface area contributed by atoms with Crippen LogP contribution in [0.2, 0.25) is 10.0 Å². The van der Waals surface area contributed by atoms with Gasteiger partial charge in [-0.1, -0.05) is 35.4 Å². The fourth-order valence-electron chi connectivity index (χ4n) is 1.08. The van der Waals surface area contributed by atoms with Crippen molar-refractivity contribution in [3.05, 3.63) is 28.0 Å². The maximum atomic E-state index is 12.9. The van der Waals surface area contributed by atoms with Crippen molar-refractivity contribution < 1.29 is 14.0 Å². The summed E-state index contributed by atoms with van der Waals surface area (Å²) in [6, 6.07) is 1.91. The van der Waals surface area contributed by atoms with Gasteiger partial charge in [-0.05, 0) is 12.1 Å². The van der Waals surface area contributed by atoms with Crippen LogP contribution in [0.3, 0.4) is 0 Å². The summed E-state index contributed by atoms with van der Waals surface area (Å²) < 4.78 is 12.9. The van der Waals surface area contributed by atoms with Crippen LogP contribution in [-0.2, 0) is 9.59 Å². The van der Waals surface area contributed by atoms with E-state index in [-0.39, 0.29) is 27.3 Å². The molecule has 1 aromatic rings. The van der Waals surface area contributed by atoms with Crippen molar-refractivity contribution in [1.29, 1.82) is 0 Å². The molecular formula is C10H8Cl2FN3O2S. The number of hydrogen-bond acceptors (Lipinski definition) is 3. The number of halogens is 3. The molecule has 0 fully saturated rings. The lowest BCUT2D eigenvalue weighted by Gasteiger charge is -2.09. The van der Waals surface area contributed by atoms with Crippen LogP contribution in [0.15, 0.2) is 12.1 Å². The number of benzene rings is 1. The topological polar surface area (TPSA) is 84.2 Å². The van der Waals surface area contributed by atoms with Crippen LogP contribution in [0.5, 0.6) is 0 Å². The van der Waals surface area contributed by atoms with Crippen molar-refractivity contribution in [2.75, 3.05) is 11.9 Å². The summed E-state index contributed by atoms with van der Waals surface area (Å²) >= 11 is 15.9. The minimum atomic E-state index is -1.02. The highest BCUT2D eigenvalue weighted by Gasteiger charge is 2.17. The Balaban J connectivity index is 2.77. The Kier molecular flexibility index (Phi) is 5.46. The molecule has 0 aliphatic carbocycles. The summed E-state index contributed by atoms with van der Waals surface area (Å²) in [4.78, 5) is 22.9. The highest BCUT2D eigenvalue weighted by Crippen LogP contribution is 2.31. The Morgan fingerprint density at radius 2 is 1.79 bits per heavy atom. The first-order chi connectivity index (χ1) is 8.81. The fourth-order valence-corrected chi connectivity index (χ4v) is 1.71. The van der Waals surface area contributed by atoms with Gasteiger partial charge in [-0.3, -0.25) is 9.59 Å². The highest BCUT2D eigenvalue weighted by atomic mass is 35.5. The first-order valence-corrected chi connectivity index (χ1v) is 5.99. The third-order valence-electron chi connectivity index (χ3n) is 1.87. The number of carbonyl (C=O) groups is 2. The molecule has 9 heteroatoms. The molecule has 4 N–H and O–H groups in total. The number of carbonyl (C=O) groups excluding carboxylic acids is 2. The van der Waals surface area contributed by atoms with E-state index in [2.05, 4.69) is 22.9 Å². The summed E-state index contributed by atoms with van der Waals surface area (Å²) in [5.41, 5.74) is 5.10. The molecule has 0 spiro atoms.